The van der Waals surface area contributed by atoms with E-state index >= 15 is 0 Å². The second-order valence-corrected chi connectivity index (χ2v) is 5.69. The van der Waals surface area contributed by atoms with Gasteiger partial charge in [0.2, 0.25) is 0 Å². The van der Waals surface area contributed by atoms with Crippen molar-refractivity contribution < 1.29 is 14.3 Å². The second kappa shape index (κ2) is 7.85. The Morgan fingerprint density at radius 1 is 1.47 bits per heavy atom. The van der Waals surface area contributed by atoms with E-state index in [1.165, 1.54) is 7.11 Å². The van der Waals surface area contributed by atoms with Gasteiger partial charge in [0.1, 0.15) is 5.54 Å². The molecule has 4 nitrogen and oxygen atoms in total. The molecule has 0 spiro atoms. The van der Waals surface area contributed by atoms with Gasteiger partial charge in [-0.25, -0.2) is 0 Å². The van der Waals surface area contributed by atoms with Crippen molar-refractivity contribution >= 4 is 5.97 Å². The van der Waals surface area contributed by atoms with Crippen molar-refractivity contribution in [2.75, 3.05) is 20.3 Å². The Balaban J connectivity index is 2.67. The number of methoxy groups -OCH3 is 1. The molecule has 4 heteroatoms. The maximum atomic E-state index is 12.2. The van der Waals surface area contributed by atoms with Gasteiger partial charge in [-0.1, -0.05) is 13.3 Å². The highest BCUT2D eigenvalue weighted by atomic mass is 16.5. The lowest BCUT2D eigenvalue weighted by Crippen LogP contribution is -2.55. The Morgan fingerprint density at radius 2 is 2.21 bits per heavy atom. The first kappa shape index (κ1) is 16.4. The van der Waals surface area contributed by atoms with Crippen LogP contribution in [0, 0.1) is 5.92 Å². The molecule has 1 aliphatic rings. The fraction of sp³-hybridized carbons (Fsp3) is 0.933. The Hall–Kier alpha value is -0.610. The van der Waals surface area contributed by atoms with E-state index in [4.69, 9.17) is 9.47 Å². The van der Waals surface area contributed by atoms with Crippen LogP contribution >= 0.6 is 0 Å². The summed E-state index contributed by atoms with van der Waals surface area (Å²) in [6.07, 6.45) is 5.23. The van der Waals surface area contributed by atoms with Crippen molar-refractivity contribution in [1.82, 2.24) is 5.32 Å². The van der Waals surface area contributed by atoms with E-state index < -0.39 is 5.54 Å². The molecule has 0 aromatic carbocycles. The number of carbonyl (C=O) groups excluding carboxylic acids is 1. The second-order valence-electron chi connectivity index (χ2n) is 5.69. The highest BCUT2D eigenvalue weighted by molar-refractivity contribution is 5.81. The lowest BCUT2D eigenvalue weighted by molar-refractivity contribution is -0.150. The molecule has 1 aliphatic carbocycles. The molecule has 1 N–H and O–H groups in total. The number of ether oxygens (including phenoxy) is 2. The van der Waals surface area contributed by atoms with Gasteiger partial charge in [-0.2, -0.15) is 0 Å². The van der Waals surface area contributed by atoms with Crippen LogP contribution in [0.25, 0.3) is 0 Å². The quantitative estimate of drug-likeness (QED) is 0.689. The molecule has 0 bridgehead atoms. The Labute approximate surface area is 117 Å². The fourth-order valence-corrected chi connectivity index (χ4v) is 3.02. The third-order valence-corrected chi connectivity index (χ3v) is 3.98. The van der Waals surface area contributed by atoms with Crippen LogP contribution in [0.2, 0.25) is 0 Å². The molecule has 2 unspecified atom stereocenters. The normalized spacial score (nSPS) is 26.9. The van der Waals surface area contributed by atoms with Crippen molar-refractivity contribution in [3.8, 4) is 0 Å². The molecule has 2 atom stereocenters. The fourth-order valence-electron chi connectivity index (χ4n) is 3.02. The lowest BCUT2D eigenvalue weighted by atomic mass is 9.84. The highest BCUT2D eigenvalue weighted by Crippen LogP contribution is 2.39. The van der Waals surface area contributed by atoms with Crippen molar-refractivity contribution in [2.24, 2.45) is 5.92 Å². The van der Waals surface area contributed by atoms with Crippen LogP contribution in [0.4, 0.5) is 0 Å². The highest BCUT2D eigenvalue weighted by Gasteiger charge is 2.49. The van der Waals surface area contributed by atoms with Gasteiger partial charge in [-0.3, -0.25) is 4.79 Å². The summed E-state index contributed by atoms with van der Waals surface area (Å²) in [7, 11) is 1.48. The van der Waals surface area contributed by atoms with Crippen molar-refractivity contribution in [3.63, 3.8) is 0 Å². The predicted molar refractivity (Wildman–Crippen MR) is 76.1 cm³/mol. The van der Waals surface area contributed by atoms with Crippen molar-refractivity contribution in [1.29, 1.82) is 0 Å². The zero-order valence-electron chi connectivity index (χ0n) is 12.8. The maximum absolute atomic E-state index is 12.2. The third-order valence-electron chi connectivity index (χ3n) is 3.98. The minimum absolute atomic E-state index is 0.104. The first-order valence-corrected chi connectivity index (χ1v) is 7.51. The minimum Gasteiger partial charge on any atom is -0.468 e. The molecule has 0 aromatic heterocycles. The van der Waals surface area contributed by atoms with Crippen LogP contribution in [0.15, 0.2) is 0 Å². The summed E-state index contributed by atoms with van der Waals surface area (Å²) >= 11 is 0. The molecule has 1 saturated carbocycles. The first-order chi connectivity index (χ1) is 9.06. The van der Waals surface area contributed by atoms with E-state index in [2.05, 4.69) is 12.2 Å². The number of rotatable bonds is 8. The monoisotopic (exact) mass is 271 g/mol. The summed E-state index contributed by atoms with van der Waals surface area (Å²) in [5, 5.41) is 3.45. The molecule has 0 heterocycles. The molecular formula is C15H29NO3. The summed E-state index contributed by atoms with van der Waals surface area (Å²) < 4.78 is 10.7. The van der Waals surface area contributed by atoms with Gasteiger partial charge >= 0.3 is 5.97 Å². The van der Waals surface area contributed by atoms with Gasteiger partial charge in [-0.15, -0.1) is 0 Å². The van der Waals surface area contributed by atoms with Gasteiger partial charge in [0.25, 0.3) is 0 Å². The van der Waals surface area contributed by atoms with Gasteiger partial charge in [-0.05, 0) is 52.0 Å². The van der Waals surface area contributed by atoms with E-state index in [1.807, 2.05) is 13.8 Å². The maximum Gasteiger partial charge on any atom is 0.326 e. The standard InChI is InChI=1S/C15H29NO3/c1-5-10-16-15(14(17)18-4)9-6-7-13(15)8-11-19-12(2)3/h12-13,16H,5-11H2,1-4H3. The van der Waals surface area contributed by atoms with Crippen LogP contribution in [0.3, 0.4) is 0 Å². The van der Waals surface area contributed by atoms with Crippen LogP contribution < -0.4 is 5.32 Å². The molecule has 19 heavy (non-hydrogen) atoms. The predicted octanol–water partition coefficient (Wildman–Crippen LogP) is 2.51. The summed E-state index contributed by atoms with van der Waals surface area (Å²) in [5.74, 6) is 0.221. The van der Waals surface area contributed by atoms with Gasteiger partial charge in [0.15, 0.2) is 0 Å². The van der Waals surface area contributed by atoms with E-state index in [-0.39, 0.29) is 12.1 Å². The lowest BCUT2D eigenvalue weighted by Gasteiger charge is -2.34. The summed E-state index contributed by atoms with van der Waals surface area (Å²) in [5.41, 5.74) is -0.481. The average molecular weight is 271 g/mol. The first-order valence-electron chi connectivity index (χ1n) is 7.51. The smallest absolute Gasteiger partial charge is 0.326 e. The Kier molecular flexibility index (Phi) is 6.80. The van der Waals surface area contributed by atoms with E-state index in [0.29, 0.717) is 5.92 Å². The third kappa shape index (κ3) is 4.18. The zero-order chi connectivity index (χ0) is 14.3. The summed E-state index contributed by atoms with van der Waals surface area (Å²) in [4.78, 5) is 12.2. The molecule has 0 amide bonds. The number of esters is 1. The van der Waals surface area contributed by atoms with Crippen LogP contribution in [-0.2, 0) is 14.3 Å². The van der Waals surface area contributed by atoms with Gasteiger partial charge < -0.3 is 14.8 Å². The molecule has 112 valence electrons. The van der Waals surface area contributed by atoms with Crippen molar-refractivity contribution in [3.05, 3.63) is 0 Å². The minimum atomic E-state index is -0.481. The van der Waals surface area contributed by atoms with E-state index in [0.717, 1.165) is 45.3 Å². The van der Waals surface area contributed by atoms with E-state index in [1.54, 1.807) is 0 Å². The van der Waals surface area contributed by atoms with Gasteiger partial charge in [0, 0.05) is 6.61 Å². The summed E-state index contributed by atoms with van der Waals surface area (Å²) in [6, 6.07) is 0. The topological polar surface area (TPSA) is 47.6 Å². The van der Waals surface area contributed by atoms with Crippen LogP contribution in [0.1, 0.15) is 52.9 Å². The molecule has 0 saturated heterocycles. The molecule has 1 rings (SSSR count). The van der Waals surface area contributed by atoms with Crippen LogP contribution in [-0.4, -0.2) is 37.9 Å². The number of nitrogens with one attached hydrogen (secondary N) is 1. The number of carbonyl (C=O) groups is 1. The number of hydrogen-bond acceptors (Lipinski definition) is 4. The molecule has 0 radical (unpaired) electrons. The summed E-state index contributed by atoms with van der Waals surface area (Å²) in [6.45, 7) is 7.77. The van der Waals surface area contributed by atoms with Crippen molar-refractivity contribution in [2.45, 2.75) is 64.5 Å². The molecule has 1 fully saturated rings. The zero-order valence-corrected chi connectivity index (χ0v) is 12.8. The average Bonchev–Trinajstić information content (AvgIpc) is 2.79. The van der Waals surface area contributed by atoms with Crippen LogP contribution in [0.5, 0.6) is 0 Å². The molecular weight excluding hydrogens is 242 g/mol. The largest absolute Gasteiger partial charge is 0.468 e. The van der Waals surface area contributed by atoms with E-state index in [9.17, 15) is 4.79 Å². The Bertz CT molecular complexity index is 281. The SMILES string of the molecule is CCCNC1(C(=O)OC)CCCC1CCOC(C)C. The Morgan fingerprint density at radius 3 is 2.79 bits per heavy atom. The van der Waals surface area contributed by atoms with Gasteiger partial charge in [0.05, 0.1) is 13.2 Å². The molecule has 0 aromatic rings. The molecule has 0 aliphatic heterocycles. The number of hydrogen-bond donors (Lipinski definition) is 1.